The summed E-state index contributed by atoms with van der Waals surface area (Å²) in [6, 6.07) is 16.9. The summed E-state index contributed by atoms with van der Waals surface area (Å²) >= 11 is 1.60. The van der Waals surface area contributed by atoms with Crippen molar-refractivity contribution in [2.75, 3.05) is 0 Å². The van der Waals surface area contributed by atoms with Gasteiger partial charge in [0.05, 0.1) is 16.9 Å². The van der Waals surface area contributed by atoms with Gasteiger partial charge in [-0.05, 0) is 28.8 Å². The van der Waals surface area contributed by atoms with E-state index in [9.17, 15) is 4.79 Å². The van der Waals surface area contributed by atoms with E-state index in [0.717, 1.165) is 16.2 Å². The second-order valence-corrected chi connectivity index (χ2v) is 7.45. The molecule has 1 unspecified atom stereocenters. The van der Waals surface area contributed by atoms with Crippen LogP contribution in [0.2, 0.25) is 0 Å². The van der Waals surface area contributed by atoms with E-state index >= 15 is 0 Å². The van der Waals surface area contributed by atoms with E-state index in [1.165, 1.54) is 9.81 Å². The Kier molecular flexibility index (Phi) is 4.49. The molecule has 0 bridgehead atoms. The summed E-state index contributed by atoms with van der Waals surface area (Å²) in [6.45, 7) is -0.0573. The van der Waals surface area contributed by atoms with Gasteiger partial charge in [0.2, 0.25) is 5.82 Å². The van der Waals surface area contributed by atoms with Gasteiger partial charge >= 0.3 is 0 Å². The Labute approximate surface area is 170 Å². The predicted molar refractivity (Wildman–Crippen MR) is 107 cm³/mol. The molecule has 1 aromatic carbocycles. The number of hydrazone groups is 1. The van der Waals surface area contributed by atoms with E-state index < -0.39 is 0 Å². The van der Waals surface area contributed by atoms with Gasteiger partial charge in [-0.2, -0.15) is 9.90 Å². The van der Waals surface area contributed by atoms with Gasteiger partial charge in [-0.3, -0.25) is 4.79 Å². The smallest absolute Gasteiger partial charge is 0.267 e. The van der Waals surface area contributed by atoms with Gasteiger partial charge in [0.1, 0.15) is 18.3 Å². The van der Waals surface area contributed by atoms with Crippen molar-refractivity contribution >= 4 is 23.0 Å². The number of rotatable bonds is 5. The molecule has 144 valence electrons. The summed E-state index contributed by atoms with van der Waals surface area (Å²) in [5.41, 5.74) is 1.71. The molecule has 0 N–H and O–H groups in total. The molecule has 0 spiro atoms. The van der Waals surface area contributed by atoms with Crippen molar-refractivity contribution in [1.82, 2.24) is 25.2 Å². The normalized spacial score (nSPS) is 16.2. The largest absolute Gasteiger partial charge is 0.467 e. The molecule has 4 heterocycles. The first kappa shape index (κ1) is 17.5. The Morgan fingerprint density at radius 1 is 1.14 bits per heavy atom. The lowest BCUT2D eigenvalue weighted by atomic mass is 10.1. The molecule has 0 fully saturated rings. The van der Waals surface area contributed by atoms with Crippen LogP contribution < -0.4 is 0 Å². The fraction of sp³-hybridized carbons (Fsp3) is 0.150. The third kappa shape index (κ3) is 3.47. The first-order valence-corrected chi connectivity index (χ1v) is 9.96. The summed E-state index contributed by atoms with van der Waals surface area (Å²) in [6.07, 6.45) is 2.20. The minimum Gasteiger partial charge on any atom is -0.467 e. The summed E-state index contributed by atoms with van der Waals surface area (Å²) in [5, 5.41) is 20.5. The number of furan rings is 1. The summed E-state index contributed by atoms with van der Waals surface area (Å²) < 4.78 is 5.56. The molecule has 29 heavy (non-hydrogen) atoms. The van der Waals surface area contributed by atoms with E-state index in [1.807, 2.05) is 60.0 Å². The second kappa shape index (κ2) is 7.44. The van der Waals surface area contributed by atoms with Gasteiger partial charge < -0.3 is 4.42 Å². The summed E-state index contributed by atoms with van der Waals surface area (Å²) in [7, 11) is 0. The molecule has 9 heteroatoms. The van der Waals surface area contributed by atoms with E-state index in [1.54, 1.807) is 17.6 Å². The quantitative estimate of drug-likeness (QED) is 0.509. The maximum absolute atomic E-state index is 13.0. The molecule has 0 radical (unpaired) electrons. The van der Waals surface area contributed by atoms with Crippen LogP contribution in [0.1, 0.15) is 23.1 Å². The van der Waals surface area contributed by atoms with E-state index in [-0.39, 0.29) is 18.5 Å². The van der Waals surface area contributed by atoms with Crippen LogP contribution >= 0.6 is 11.3 Å². The van der Waals surface area contributed by atoms with Crippen LogP contribution in [0.25, 0.3) is 11.4 Å². The lowest BCUT2D eigenvalue weighted by molar-refractivity contribution is -0.134. The van der Waals surface area contributed by atoms with Crippen molar-refractivity contribution < 1.29 is 9.21 Å². The molecule has 0 saturated carbocycles. The highest BCUT2D eigenvalue weighted by atomic mass is 32.1. The SMILES string of the molecule is O=C(Cn1nnc(-c2ccccc2)n1)N1N=C(c2cccs2)CC1c1ccco1. The number of aromatic nitrogens is 4. The maximum Gasteiger partial charge on any atom is 0.267 e. The summed E-state index contributed by atoms with van der Waals surface area (Å²) in [4.78, 5) is 15.4. The molecule has 8 nitrogen and oxygen atoms in total. The van der Waals surface area contributed by atoms with E-state index in [4.69, 9.17) is 4.42 Å². The van der Waals surface area contributed by atoms with Gasteiger partial charge in [-0.1, -0.05) is 36.4 Å². The number of hydrogen-bond acceptors (Lipinski definition) is 7. The second-order valence-electron chi connectivity index (χ2n) is 6.51. The zero-order chi connectivity index (χ0) is 19.6. The molecular formula is C20H16N6O2S. The van der Waals surface area contributed by atoms with Gasteiger partial charge in [-0.15, -0.1) is 21.5 Å². The number of carbonyl (C=O) groups excluding carboxylic acids is 1. The molecule has 1 aliphatic rings. The lowest BCUT2D eigenvalue weighted by Gasteiger charge is -2.19. The number of thiophene rings is 1. The fourth-order valence-electron chi connectivity index (χ4n) is 3.24. The Morgan fingerprint density at radius 2 is 2.03 bits per heavy atom. The van der Waals surface area contributed by atoms with Crippen molar-refractivity contribution in [2.24, 2.45) is 5.10 Å². The Bertz CT molecular complexity index is 1140. The van der Waals surface area contributed by atoms with Crippen LogP contribution in [0.15, 0.2) is 75.8 Å². The fourth-order valence-corrected chi connectivity index (χ4v) is 3.96. The molecule has 1 atom stereocenters. The summed E-state index contributed by atoms with van der Waals surface area (Å²) in [5.74, 6) is 0.949. The average Bonchev–Trinajstić information content (AvgIpc) is 3.55. The van der Waals surface area contributed by atoms with Crippen LogP contribution in [0, 0.1) is 0 Å². The van der Waals surface area contributed by atoms with Crippen LogP contribution in [-0.4, -0.2) is 36.8 Å². The Morgan fingerprint density at radius 3 is 2.79 bits per heavy atom. The minimum absolute atomic E-state index is 0.0573. The highest BCUT2D eigenvalue weighted by Gasteiger charge is 2.35. The number of tetrazole rings is 1. The zero-order valence-corrected chi connectivity index (χ0v) is 16.1. The molecule has 0 aliphatic carbocycles. The molecule has 5 rings (SSSR count). The van der Waals surface area contributed by atoms with Gasteiger partial charge in [0.15, 0.2) is 0 Å². The number of amides is 1. The average molecular weight is 404 g/mol. The molecule has 1 aliphatic heterocycles. The van der Waals surface area contributed by atoms with Crippen LogP contribution in [-0.2, 0) is 11.3 Å². The van der Waals surface area contributed by atoms with Crippen molar-refractivity contribution in [3.05, 3.63) is 76.9 Å². The lowest BCUT2D eigenvalue weighted by Crippen LogP contribution is -2.31. The number of benzene rings is 1. The third-order valence-corrected chi connectivity index (χ3v) is 5.52. The van der Waals surface area contributed by atoms with Crippen molar-refractivity contribution in [3.8, 4) is 11.4 Å². The zero-order valence-electron chi connectivity index (χ0n) is 15.3. The number of hydrogen-bond donors (Lipinski definition) is 0. The van der Waals surface area contributed by atoms with Crippen LogP contribution in [0.3, 0.4) is 0 Å². The van der Waals surface area contributed by atoms with Crippen LogP contribution in [0.4, 0.5) is 0 Å². The highest BCUT2D eigenvalue weighted by molar-refractivity contribution is 7.12. The number of carbonyl (C=O) groups is 1. The highest BCUT2D eigenvalue weighted by Crippen LogP contribution is 2.34. The van der Waals surface area contributed by atoms with Crippen LogP contribution in [0.5, 0.6) is 0 Å². The minimum atomic E-state index is -0.285. The van der Waals surface area contributed by atoms with E-state index in [0.29, 0.717) is 18.0 Å². The van der Waals surface area contributed by atoms with Crippen molar-refractivity contribution in [2.45, 2.75) is 19.0 Å². The first-order chi connectivity index (χ1) is 14.3. The Hall–Kier alpha value is -3.59. The molecule has 1 amide bonds. The number of nitrogens with zero attached hydrogens (tertiary/aromatic N) is 6. The maximum atomic E-state index is 13.0. The predicted octanol–water partition coefficient (Wildman–Crippen LogP) is 3.37. The molecule has 0 saturated heterocycles. The van der Waals surface area contributed by atoms with Gasteiger partial charge in [0, 0.05) is 12.0 Å². The van der Waals surface area contributed by atoms with Gasteiger partial charge in [-0.25, -0.2) is 5.01 Å². The molecule has 4 aromatic rings. The van der Waals surface area contributed by atoms with Crippen molar-refractivity contribution in [1.29, 1.82) is 0 Å². The first-order valence-electron chi connectivity index (χ1n) is 9.08. The monoisotopic (exact) mass is 404 g/mol. The van der Waals surface area contributed by atoms with Crippen molar-refractivity contribution in [3.63, 3.8) is 0 Å². The molecular weight excluding hydrogens is 388 g/mol. The Balaban J connectivity index is 1.39. The molecule has 3 aromatic heterocycles. The standard InChI is InChI=1S/C20H16N6O2S/c27-19(13-25-23-20(21-24-25)14-6-2-1-3-7-14)26-16(17-8-4-10-28-17)12-15(22-26)18-9-5-11-29-18/h1-11,16H,12-13H2. The topological polar surface area (TPSA) is 89.4 Å². The van der Waals surface area contributed by atoms with E-state index in [2.05, 4.69) is 20.5 Å². The van der Waals surface area contributed by atoms with Gasteiger partial charge in [0.25, 0.3) is 5.91 Å². The third-order valence-electron chi connectivity index (χ3n) is 4.60.